The predicted molar refractivity (Wildman–Crippen MR) is 62.0 cm³/mol. The lowest BCUT2D eigenvalue weighted by Crippen LogP contribution is -1.99. The van der Waals surface area contributed by atoms with Gasteiger partial charge in [0.1, 0.15) is 17.8 Å². The van der Waals surface area contributed by atoms with Crippen molar-refractivity contribution in [1.82, 2.24) is 30.2 Å². The quantitative estimate of drug-likeness (QED) is 0.610. The molecule has 0 spiro atoms. The summed E-state index contributed by atoms with van der Waals surface area (Å²) in [5, 5.41) is 12.3. The minimum Gasteiger partial charge on any atom is -0.236 e. The molecule has 0 amide bonds. The van der Waals surface area contributed by atoms with Gasteiger partial charge >= 0.3 is 0 Å². The molecule has 1 aromatic carbocycles. The number of aromatic nitrogens is 6. The second-order valence-corrected chi connectivity index (χ2v) is 3.88. The van der Waals surface area contributed by atoms with Crippen molar-refractivity contribution in [1.29, 1.82) is 0 Å². The Balaban J connectivity index is 2.34. The van der Waals surface area contributed by atoms with E-state index in [1.54, 1.807) is 4.68 Å². The molecule has 0 aliphatic heterocycles. The van der Waals surface area contributed by atoms with Crippen LogP contribution in [-0.4, -0.2) is 30.2 Å². The molecular formula is C10H7ClN6. The zero-order valence-electron chi connectivity index (χ0n) is 8.87. The summed E-state index contributed by atoms with van der Waals surface area (Å²) < 4.78 is 1.59. The number of benzene rings is 1. The molecule has 0 radical (unpaired) electrons. The number of halogens is 1. The minimum atomic E-state index is 0.446. The highest BCUT2D eigenvalue weighted by Crippen LogP contribution is 2.25. The van der Waals surface area contributed by atoms with Crippen LogP contribution in [-0.2, 0) is 0 Å². The van der Waals surface area contributed by atoms with E-state index in [9.17, 15) is 0 Å². The van der Waals surface area contributed by atoms with Crippen molar-refractivity contribution in [3.05, 3.63) is 35.5 Å². The van der Waals surface area contributed by atoms with Crippen molar-refractivity contribution in [2.45, 2.75) is 6.92 Å². The molecule has 0 N–H and O–H groups in total. The fraction of sp³-hybridized carbons (Fsp3) is 0.100. The van der Waals surface area contributed by atoms with Gasteiger partial charge in [-0.05, 0) is 29.5 Å². The third kappa shape index (κ3) is 1.53. The Bertz CT molecular complexity index is 679. The number of nitrogens with zero attached hydrogens (tertiary/aromatic N) is 6. The molecule has 6 nitrogen and oxygen atoms in total. The van der Waals surface area contributed by atoms with E-state index in [1.165, 1.54) is 12.7 Å². The first kappa shape index (κ1) is 10.1. The largest absolute Gasteiger partial charge is 0.236 e. The van der Waals surface area contributed by atoms with E-state index >= 15 is 0 Å². The van der Waals surface area contributed by atoms with Crippen molar-refractivity contribution in [2.75, 3.05) is 0 Å². The van der Waals surface area contributed by atoms with Crippen molar-refractivity contribution in [3.63, 3.8) is 0 Å². The van der Waals surface area contributed by atoms with Crippen LogP contribution < -0.4 is 0 Å². The molecule has 3 rings (SSSR count). The second-order valence-electron chi connectivity index (χ2n) is 3.52. The summed E-state index contributed by atoms with van der Waals surface area (Å²) in [5.74, 6) is 0. The summed E-state index contributed by atoms with van der Waals surface area (Å²) in [5.41, 5.74) is 2.63. The zero-order valence-corrected chi connectivity index (χ0v) is 9.63. The normalized spacial score (nSPS) is 10.9. The first-order chi connectivity index (χ1) is 8.27. The van der Waals surface area contributed by atoms with Gasteiger partial charge in [-0.3, -0.25) is 0 Å². The monoisotopic (exact) mass is 246 g/mol. The van der Waals surface area contributed by atoms with Gasteiger partial charge in [-0.1, -0.05) is 11.6 Å². The number of tetrazole rings is 1. The van der Waals surface area contributed by atoms with Crippen LogP contribution in [0.5, 0.6) is 0 Å². The van der Waals surface area contributed by atoms with Crippen molar-refractivity contribution >= 4 is 22.5 Å². The van der Waals surface area contributed by atoms with E-state index in [1.807, 2.05) is 19.1 Å². The first-order valence-electron chi connectivity index (χ1n) is 4.90. The predicted octanol–water partition coefficient (Wildman–Crippen LogP) is 1.57. The van der Waals surface area contributed by atoms with Gasteiger partial charge in [-0.25, -0.2) is 14.6 Å². The zero-order chi connectivity index (χ0) is 11.8. The lowest BCUT2D eigenvalue weighted by Gasteiger charge is -2.07. The molecule has 0 bridgehead atoms. The summed E-state index contributed by atoms with van der Waals surface area (Å²) in [6, 6.07) is 3.75. The highest BCUT2D eigenvalue weighted by molar-refractivity contribution is 6.34. The summed E-state index contributed by atoms with van der Waals surface area (Å²) >= 11 is 6.01. The molecule has 0 unspecified atom stereocenters. The molecule has 17 heavy (non-hydrogen) atoms. The molecule has 84 valence electrons. The molecular weight excluding hydrogens is 240 g/mol. The highest BCUT2D eigenvalue weighted by atomic mass is 35.5. The van der Waals surface area contributed by atoms with Crippen molar-refractivity contribution in [3.8, 4) is 5.69 Å². The Kier molecular flexibility index (Phi) is 2.22. The van der Waals surface area contributed by atoms with E-state index < -0.39 is 0 Å². The number of aryl methyl sites for hydroxylation is 1. The fourth-order valence-electron chi connectivity index (χ4n) is 1.75. The lowest BCUT2D eigenvalue weighted by atomic mass is 10.1. The Labute approximate surface area is 101 Å². The van der Waals surface area contributed by atoms with Crippen LogP contribution in [0.1, 0.15) is 5.56 Å². The Morgan fingerprint density at radius 3 is 2.88 bits per heavy atom. The van der Waals surface area contributed by atoms with Gasteiger partial charge in [-0.2, -0.15) is 0 Å². The third-order valence-electron chi connectivity index (χ3n) is 2.58. The van der Waals surface area contributed by atoms with Gasteiger partial charge in [0.25, 0.3) is 0 Å². The molecule has 3 aromatic rings. The maximum absolute atomic E-state index is 6.01. The second kappa shape index (κ2) is 3.74. The molecule has 2 aromatic heterocycles. The maximum Gasteiger partial charge on any atom is 0.143 e. The number of hydrogen-bond acceptors (Lipinski definition) is 5. The standard InChI is InChI=1S/C10H7ClN6/c1-6-8(17-5-14-15-16-17)3-2-7-9(6)12-4-13-10(7)11/h2-5H,1H3. The lowest BCUT2D eigenvalue weighted by molar-refractivity contribution is 0.786. The van der Waals surface area contributed by atoms with Crippen LogP contribution in [0.25, 0.3) is 16.6 Å². The van der Waals surface area contributed by atoms with Crippen LogP contribution in [0.2, 0.25) is 5.15 Å². The molecule has 0 aliphatic carbocycles. The van der Waals surface area contributed by atoms with E-state index in [4.69, 9.17) is 11.6 Å². The molecule has 7 heteroatoms. The van der Waals surface area contributed by atoms with Crippen LogP contribution in [0.4, 0.5) is 0 Å². The minimum absolute atomic E-state index is 0.446. The third-order valence-corrected chi connectivity index (χ3v) is 2.88. The molecule has 0 fully saturated rings. The van der Waals surface area contributed by atoms with Gasteiger partial charge in [0.05, 0.1) is 11.2 Å². The number of fused-ring (bicyclic) bond motifs is 1. The molecule has 0 atom stereocenters. The van der Waals surface area contributed by atoms with Crippen molar-refractivity contribution < 1.29 is 0 Å². The van der Waals surface area contributed by atoms with Crippen LogP contribution in [0.15, 0.2) is 24.8 Å². The topological polar surface area (TPSA) is 69.4 Å². The first-order valence-corrected chi connectivity index (χ1v) is 5.28. The summed E-state index contributed by atoms with van der Waals surface area (Å²) in [6.07, 6.45) is 2.98. The van der Waals surface area contributed by atoms with Crippen LogP contribution in [0.3, 0.4) is 0 Å². The van der Waals surface area contributed by atoms with Gasteiger partial charge in [-0.15, -0.1) is 5.10 Å². The van der Waals surface area contributed by atoms with E-state index in [0.29, 0.717) is 5.15 Å². The summed E-state index contributed by atoms with van der Waals surface area (Å²) in [4.78, 5) is 8.18. The van der Waals surface area contributed by atoms with Gasteiger partial charge in [0.2, 0.25) is 0 Å². The molecule has 0 saturated heterocycles. The van der Waals surface area contributed by atoms with E-state index in [0.717, 1.165) is 22.2 Å². The van der Waals surface area contributed by atoms with E-state index in [-0.39, 0.29) is 0 Å². The van der Waals surface area contributed by atoms with Gasteiger partial charge < -0.3 is 0 Å². The van der Waals surface area contributed by atoms with Gasteiger partial charge in [0, 0.05) is 10.9 Å². The Hall–Kier alpha value is -2.08. The van der Waals surface area contributed by atoms with Gasteiger partial charge in [0.15, 0.2) is 0 Å². The summed E-state index contributed by atoms with van der Waals surface area (Å²) in [6.45, 7) is 1.95. The SMILES string of the molecule is Cc1c(-n2cnnn2)ccc2c(Cl)ncnc12. The Morgan fingerprint density at radius 2 is 2.12 bits per heavy atom. The van der Waals surface area contributed by atoms with E-state index in [2.05, 4.69) is 25.5 Å². The van der Waals surface area contributed by atoms with Crippen molar-refractivity contribution in [2.24, 2.45) is 0 Å². The van der Waals surface area contributed by atoms with Crippen LogP contribution >= 0.6 is 11.6 Å². The number of hydrogen-bond donors (Lipinski definition) is 0. The maximum atomic E-state index is 6.01. The average Bonchev–Trinajstić information content (AvgIpc) is 2.84. The Morgan fingerprint density at radius 1 is 1.24 bits per heavy atom. The average molecular weight is 247 g/mol. The molecule has 0 saturated carbocycles. The summed E-state index contributed by atoms with van der Waals surface area (Å²) in [7, 11) is 0. The fourth-order valence-corrected chi connectivity index (χ4v) is 1.95. The molecule has 0 aliphatic rings. The van der Waals surface area contributed by atoms with Crippen LogP contribution in [0, 0.1) is 6.92 Å². The number of rotatable bonds is 1. The smallest absolute Gasteiger partial charge is 0.143 e. The molecule has 2 heterocycles. The highest BCUT2D eigenvalue weighted by Gasteiger charge is 2.09.